The Morgan fingerprint density at radius 1 is 1.04 bits per heavy atom. The number of esters is 1. The molecule has 148 valence electrons. The number of carbonyl (C=O) groups is 2. The molecule has 0 spiro atoms. The predicted octanol–water partition coefficient (Wildman–Crippen LogP) is 1.77. The summed E-state index contributed by atoms with van der Waals surface area (Å²) in [6.45, 7) is 5.94. The molecule has 1 saturated heterocycles. The number of rotatable bonds is 6. The van der Waals surface area contributed by atoms with Gasteiger partial charge in [-0.1, -0.05) is 0 Å². The van der Waals surface area contributed by atoms with Crippen LogP contribution >= 0.6 is 0 Å². The van der Waals surface area contributed by atoms with Gasteiger partial charge in [0.05, 0.1) is 11.7 Å². The van der Waals surface area contributed by atoms with Crippen molar-refractivity contribution in [3.05, 3.63) is 48.3 Å². The Labute approximate surface area is 164 Å². The molecule has 1 fully saturated rings. The first-order valence-electron chi connectivity index (χ1n) is 9.26. The summed E-state index contributed by atoms with van der Waals surface area (Å²) >= 11 is 0. The highest BCUT2D eigenvalue weighted by Crippen LogP contribution is 2.15. The van der Waals surface area contributed by atoms with Crippen LogP contribution in [-0.2, 0) is 9.53 Å². The highest BCUT2D eigenvalue weighted by molar-refractivity contribution is 5.91. The molecule has 0 aliphatic carbocycles. The standard InChI is InChI=1S/C20H24N4O4/c1-15(2)28-17-6-4-16(5-7-17)19(26)27-14-18(25)23-10-12-24(13-11-23)20-21-8-3-9-22-20/h3-9,15H,10-14H2,1-2H3. The van der Waals surface area contributed by atoms with E-state index in [1.807, 2.05) is 18.7 Å². The van der Waals surface area contributed by atoms with Gasteiger partial charge in [0.15, 0.2) is 6.61 Å². The van der Waals surface area contributed by atoms with Gasteiger partial charge in [-0.05, 0) is 44.2 Å². The van der Waals surface area contributed by atoms with Gasteiger partial charge in [0.2, 0.25) is 5.95 Å². The van der Waals surface area contributed by atoms with Crippen molar-refractivity contribution in [2.45, 2.75) is 20.0 Å². The summed E-state index contributed by atoms with van der Waals surface area (Å²) in [5.74, 6) is 0.608. The lowest BCUT2D eigenvalue weighted by Crippen LogP contribution is -2.50. The molecule has 0 unspecified atom stereocenters. The summed E-state index contributed by atoms with van der Waals surface area (Å²) in [7, 11) is 0. The molecule has 2 heterocycles. The molecule has 0 saturated carbocycles. The van der Waals surface area contributed by atoms with E-state index in [9.17, 15) is 9.59 Å². The number of piperazine rings is 1. The Morgan fingerprint density at radius 3 is 2.29 bits per heavy atom. The lowest BCUT2D eigenvalue weighted by Gasteiger charge is -2.34. The van der Waals surface area contributed by atoms with E-state index in [0.717, 1.165) is 0 Å². The summed E-state index contributed by atoms with van der Waals surface area (Å²) in [5, 5.41) is 0. The molecule has 1 amide bonds. The zero-order valence-corrected chi connectivity index (χ0v) is 16.1. The van der Waals surface area contributed by atoms with Gasteiger partial charge < -0.3 is 19.3 Å². The molecule has 0 bridgehead atoms. The van der Waals surface area contributed by atoms with E-state index in [1.54, 1.807) is 47.6 Å². The maximum Gasteiger partial charge on any atom is 0.338 e. The van der Waals surface area contributed by atoms with Crippen LogP contribution < -0.4 is 9.64 Å². The molecule has 3 rings (SSSR count). The molecule has 1 aromatic heterocycles. The summed E-state index contributed by atoms with van der Waals surface area (Å²) in [4.78, 5) is 36.6. The van der Waals surface area contributed by atoms with E-state index in [1.165, 1.54) is 0 Å². The fraction of sp³-hybridized carbons (Fsp3) is 0.400. The van der Waals surface area contributed by atoms with E-state index in [0.29, 0.717) is 43.4 Å². The summed E-state index contributed by atoms with van der Waals surface area (Å²) in [6.07, 6.45) is 3.45. The summed E-state index contributed by atoms with van der Waals surface area (Å²) in [6, 6.07) is 8.45. The third kappa shape index (κ3) is 5.18. The molecular formula is C20H24N4O4. The van der Waals surface area contributed by atoms with Crippen molar-refractivity contribution in [1.29, 1.82) is 0 Å². The molecule has 8 heteroatoms. The Hall–Kier alpha value is -3.16. The van der Waals surface area contributed by atoms with Gasteiger partial charge in [-0.3, -0.25) is 4.79 Å². The van der Waals surface area contributed by atoms with E-state index in [-0.39, 0.29) is 18.6 Å². The second-order valence-electron chi connectivity index (χ2n) is 6.68. The fourth-order valence-electron chi connectivity index (χ4n) is 2.85. The second kappa shape index (κ2) is 9.16. The van der Waals surface area contributed by atoms with Crippen molar-refractivity contribution in [2.24, 2.45) is 0 Å². The first-order valence-corrected chi connectivity index (χ1v) is 9.26. The zero-order chi connectivity index (χ0) is 19.9. The summed E-state index contributed by atoms with van der Waals surface area (Å²) < 4.78 is 10.7. The molecule has 1 aliphatic rings. The van der Waals surface area contributed by atoms with Crippen molar-refractivity contribution in [3.8, 4) is 5.75 Å². The predicted molar refractivity (Wildman–Crippen MR) is 103 cm³/mol. The Morgan fingerprint density at radius 2 is 1.68 bits per heavy atom. The smallest absolute Gasteiger partial charge is 0.338 e. The van der Waals surface area contributed by atoms with E-state index < -0.39 is 5.97 Å². The molecule has 2 aromatic rings. The maximum absolute atomic E-state index is 12.3. The number of hydrogen-bond donors (Lipinski definition) is 0. The third-order valence-corrected chi connectivity index (χ3v) is 4.26. The number of benzene rings is 1. The van der Waals surface area contributed by atoms with Crippen LogP contribution in [0.15, 0.2) is 42.7 Å². The van der Waals surface area contributed by atoms with Crippen molar-refractivity contribution in [3.63, 3.8) is 0 Å². The van der Waals surface area contributed by atoms with Gasteiger partial charge >= 0.3 is 5.97 Å². The second-order valence-corrected chi connectivity index (χ2v) is 6.68. The number of anilines is 1. The molecule has 0 radical (unpaired) electrons. The van der Waals surface area contributed by atoms with Crippen LogP contribution in [-0.4, -0.2) is 65.6 Å². The van der Waals surface area contributed by atoms with Crippen LogP contribution in [0.4, 0.5) is 5.95 Å². The number of nitrogens with zero attached hydrogens (tertiary/aromatic N) is 4. The zero-order valence-electron chi connectivity index (χ0n) is 16.1. The Kier molecular flexibility index (Phi) is 6.41. The van der Waals surface area contributed by atoms with Crippen LogP contribution in [0.2, 0.25) is 0 Å². The van der Waals surface area contributed by atoms with Crippen LogP contribution in [0.25, 0.3) is 0 Å². The highest BCUT2D eigenvalue weighted by Gasteiger charge is 2.23. The van der Waals surface area contributed by atoms with Crippen molar-refractivity contribution >= 4 is 17.8 Å². The molecule has 28 heavy (non-hydrogen) atoms. The Bertz CT molecular complexity index is 788. The normalized spacial score (nSPS) is 14.1. The van der Waals surface area contributed by atoms with Gasteiger partial charge in [0.25, 0.3) is 5.91 Å². The highest BCUT2D eigenvalue weighted by atomic mass is 16.5. The molecule has 0 N–H and O–H groups in total. The lowest BCUT2D eigenvalue weighted by molar-refractivity contribution is -0.134. The van der Waals surface area contributed by atoms with Gasteiger partial charge in [-0.25, -0.2) is 14.8 Å². The number of aromatic nitrogens is 2. The quantitative estimate of drug-likeness (QED) is 0.702. The van der Waals surface area contributed by atoms with Crippen molar-refractivity contribution < 1.29 is 19.1 Å². The van der Waals surface area contributed by atoms with Crippen LogP contribution in [0, 0.1) is 0 Å². The molecule has 0 atom stereocenters. The number of hydrogen-bond acceptors (Lipinski definition) is 7. The topological polar surface area (TPSA) is 84.9 Å². The molecule has 8 nitrogen and oxygen atoms in total. The minimum atomic E-state index is -0.527. The first kappa shape index (κ1) is 19.6. The molecule has 1 aromatic carbocycles. The first-order chi connectivity index (χ1) is 13.5. The average molecular weight is 384 g/mol. The minimum Gasteiger partial charge on any atom is -0.491 e. The molecule has 1 aliphatic heterocycles. The molecular weight excluding hydrogens is 360 g/mol. The van der Waals surface area contributed by atoms with Crippen LogP contribution in [0.3, 0.4) is 0 Å². The maximum atomic E-state index is 12.3. The van der Waals surface area contributed by atoms with Gasteiger partial charge in [0.1, 0.15) is 5.75 Å². The number of carbonyl (C=O) groups excluding carboxylic acids is 2. The van der Waals surface area contributed by atoms with Crippen LogP contribution in [0.1, 0.15) is 24.2 Å². The third-order valence-electron chi connectivity index (χ3n) is 4.26. The number of amides is 1. The summed E-state index contributed by atoms with van der Waals surface area (Å²) in [5.41, 5.74) is 0.384. The van der Waals surface area contributed by atoms with E-state index in [2.05, 4.69) is 9.97 Å². The number of ether oxygens (including phenoxy) is 2. The lowest BCUT2D eigenvalue weighted by atomic mass is 10.2. The largest absolute Gasteiger partial charge is 0.491 e. The van der Waals surface area contributed by atoms with Gasteiger partial charge in [-0.2, -0.15) is 0 Å². The minimum absolute atomic E-state index is 0.0596. The van der Waals surface area contributed by atoms with Gasteiger partial charge in [0, 0.05) is 38.6 Å². The van der Waals surface area contributed by atoms with Crippen LogP contribution in [0.5, 0.6) is 5.75 Å². The fourth-order valence-corrected chi connectivity index (χ4v) is 2.85. The van der Waals surface area contributed by atoms with E-state index in [4.69, 9.17) is 9.47 Å². The monoisotopic (exact) mass is 384 g/mol. The van der Waals surface area contributed by atoms with Gasteiger partial charge in [-0.15, -0.1) is 0 Å². The van der Waals surface area contributed by atoms with E-state index >= 15 is 0 Å². The SMILES string of the molecule is CC(C)Oc1ccc(C(=O)OCC(=O)N2CCN(c3ncccn3)CC2)cc1. The van der Waals surface area contributed by atoms with Crippen molar-refractivity contribution in [1.82, 2.24) is 14.9 Å². The average Bonchev–Trinajstić information content (AvgIpc) is 2.72. The van der Waals surface area contributed by atoms with Crippen molar-refractivity contribution in [2.75, 3.05) is 37.7 Å². The Balaban J connectivity index is 1.44.